The van der Waals surface area contributed by atoms with Gasteiger partial charge in [0.25, 0.3) is 0 Å². The molecule has 0 bridgehead atoms. The molecule has 2 heterocycles. The van der Waals surface area contributed by atoms with Crippen LogP contribution in [0, 0.1) is 11.3 Å². The molecule has 1 aliphatic carbocycles. The third-order valence-corrected chi connectivity index (χ3v) is 6.14. The summed E-state index contributed by atoms with van der Waals surface area (Å²) in [6.45, 7) is 8.93. The molecule has 1 aromatic heterocycles. The van der Waals surface area contributed by atoms with Crippen LogP contribution in [0.2, 0.25) is 0 Å². The molecule has 31 heavy (non-hydrogen) atoms. The summed E-state index contributed by atoms with van der Waals surface area (Å²) >= 11 is 0. The number of rotatable bonds is 3. The molecule has 158 valence electrons. The zero-order valence-electron chi connectivity index (χ0n) is 18.0. The predicted molar refractivity (Wildman–Crippen MR) is 115 cm³/mol. The van der Waals surface area contributed by atoms with Crippen molar-refractivity contribution in [1.82, 2.24) is 4.98 Å². The van der Waals surface area contributed by atoms with Crippen LogP contribution in [-0.2, 0) is 14.9 Å². The molecular weight excluding hydrogens is 392 g/mol. The molecule has 2 aliphatic rings. The van der Waals surface area contributed by atoms with Gasteiger partial charge in [0, 0.05) is 27.6 Å². The summed E-state index contributed by atoms with van der Waals surface area (Å²) in [6, 6.07) is 13.2. The Balaban J connectivity index is 1.51. The Hall–Kier alpha value is -3.14. The minimum atomic E-state index is -0.423. The quantitative estimate of drug-likeness (QED) is 0.682. The topological polar surface area (TPSA) is 84.3 Å². The number of hydrogen-bond donors (Lipinski definition) is 1. The lowest BCUT2D eigenvalue weighted by molar-refractivity contribution is -0.0990. The van der Waals surface area contributed by atoms with E-state index in [4.69, 9.17) is 14.2 Å². The van der Waals surface area contributed by atoms with Crippen molar-refractivity contribution in [2.75, 3.05) is 13.2 Å². The van der Waals surface area contributed by atoms with Gasteiger partial charge in [-0.15, -0.1) is 0 Å². The summed E-state index contributed by atoms with van der Waals surface area (Å²) < 4.78 is 17.3. The number of nitrogens with zero attached hydrogens (tertiary/aromatic N) is 1. The van der Waals surface area contributed by atoms with Gasteiger partial charge in [0.15, 0.2) is 12.1 Å². The van der Waals surface area contributed by atoms with Gasteiger partial charge in [0.05, 0.1) is 29.4 Å². The van der Waals surface area contributed by atoms with Crippen LogP contribution >= 0.6 is 0 Å². The van der Waals surface area contributed by atoms with Gasteiger partial charge in [0.1, 0.15) is 12.4 Å². The lowest BCUT2D eigenvalue weighted by Crippen LogP contribution is -2.30. The van der Waals surface area contributed by atoms with Gasteiger partial charge in [0.2, 0.25) is 0 Å². The molecule has 5 rings (SSSR count). The smallest absolute Gasteiger partial charge is 0.195 e. The van der Waals surface area contributed by atoms with Crippen molar-refractivity contribution in [2.24, 2.45) is 0 Å². The second-order valence-corrected chi connectivity index (χ2v) is 9.34. The van der Waals surface area contributed by atoms with E-state index in [1.807, 2.05) is 38.1 Å². The fourth-order valence-corrected chi connectivity index (χ4v) is 4.55. The van der Waals surface area contributed by atoms with Gasteiger partial charge >= 0.3 is 0 Å². The van der Waals surface area contributed by atoms with Gasteiger partial charge in [-0.05, 0) is 43.7 Å². The number of ether oxygens (including phenoxy) is 3. The summed E-state index contributed by atoms with van der Waals surface area (Å²) in [4.78, 5) is 16.9. The van der Waals surface area contributed by atoms with Crippen molar-refractivity contribution < 1.29 is 19.0 Å². The maximum atomic E-state index is 13.5. The number of aromatic amines is 1. The molecule has 1 atom stereocenters. The van der Waals surface area contributed by atoms with Crippen LogP contribution < -0.4 is 4.74 Å². The standard InChI is InChI=1S/C25H24N2O4/c1-24(2)13-30-20(31-24)12-29-15-6-8-18-17(10-15)22(28)21-16-7-5-14(11-26)9-19(16)27-23(21)25(18,3)4/h5-10,20,27H,12-13H2,1-4H3/t20-/m0/s1. The van der Waals surface area contributed by atoms with Crippen LogP contribution in [-0.4, -0.2) is 35.9 Å². The van der Waals surface area contributed by atoms with Crippen molar-refractivity contribution in [3.05, 3.63) is 64.3 Å². The molecule has 0 amide bonds. The number of nitrogens with one attached hydrogen (secondary N) is 1. The highest BCUT2D eigenvalue weighted by Gasteiger charge is 2.40. The minimum Gasteiger partial charge on any atom is -0.488 e. The average Bonchev–Trinajstić information content (AvgIpc) is 3.30. The molecule has 3 aromatic rings. The number of ketones is 1. The summed E-state index contributed by atoms with van der Waals surface area (Å²) in [7, 11) is 0. The molecule has 1 saturated heterocycles. The van der Waals surface area contributed by atoms with Gasteiger partial charge in [-0.2, -0.15) is 5.26 Å². The third-order valence-electron chi connectivity index (χ3n) is 6.14. The second kappa shape index (κ2) is 6.68. The Morgan fingerprint density at radius 2 is 2.00 bits per heavy atom. The normalized spacial score (nSPS) is 20.9. The number of benzene rings is 2. The number of carbonyl (C=O) groups is 1. The highest BCUT2D eigenvalue weighted by molar-refractivity contribution is 6.20. The number of H-pyrrole nitrogens is 1. The Bertz CT molecular complexity index is 1260. The first kappa shape index (κ1) is 19.8. The molecular formula is C25H24N2O4. The largest absolute Gasteiger partial charge is 0.488 e. The summed E-state index contributed by atoms with van der Waals surface area (Å²) in [5.41, 5.74) is 3.76. The molecule has 0 radical (unpaired) electrons. The third kappa shape index (κ3) is 3.13. The number of aromatic nitrogens is 1. The monoisotopic (exact) mass is 416 g/mol. The predicted octanol–water partition coefficient (Wildman–Crippen LogP) is 4.44. The Labute approximate surface area is 180 Å². The van der Waals surface area contributed by atoms with Crippen LogP contribution in [0.15, 0.2) is 36.4 Å². The summed E-state index contributed by atoms with van der Waals surface area (Å²) in [5.74, 6) is 0.565. The van der Waals surface area contributed by atoms with E-state index in [1.54, 1.807) is 12.1 Å². The average molecular weight is 416 g/mol. The van der Waals surface area contributed by atoms with Crippen LogP contribution in [0.1, 0.15) is 60.4 Å². The van der Waals surface area contributed by atoms with Crippen molar-refractivity contribution in [1.29, 1.82) is 5.26 Å². The first-order valence-corrected chi connectivity index (χ1v) is 10.4. The maximum Gasteiger partial charge on any atom is 0.195 e. The van der Waals surface area contributed by atoms with Crippen LogP contribution in [0.3, 0.4) is 0 Å². The van der Waals surface area contributed by atoms with E-state index in [0.717, 1.165) is 22.2 Å². The first-order valence-electron chi connectivity index (χ1n) is 10.4. The Kier molecular flexibility index (Phi) is 4.27. The van der Waals surface area contributed by atoms with E-state index in [9.17, 15) is 10.1 Å². The van der Waals surface area contributed by atoms with E-state index in [0.29, 0.717) is 29.0 Å². The molecule has 0 unspecified atom stereocenters. The lowest BCUT2D eigenvalue weighted by Gasteiger charge is -2.32. The molecule has 1 N–H and O–H groups in total. The van der Waals surface area contributed by atoms with Crippen molar-refractivity contribution in [3.63, 3.8) is 0 Å². The van der Waals surface area contributed by atoms with Gasteiger partial charge < -0.3 is 19.2 Å². The van der Waals surface area contributed by atoms with Crippen LogP contribution in [0.25, 0.3) is 10.9 Å². The van der Waals surface area contributed by atoms with Gasteiger partial charge in [-0.3, -0.25) is 4.79 Å². The zero-order valence-corrected chi connectivity index (χ0v) is 18.0. The van der Waals surface area contributed by atoms with E-state index < -0.39 is 11.7 Å². The highest BCUT2D eigenvalue weighted by atomic mass is 16.7. The van der Waals surface area contributed by atoms with Gasteiger partial charge in [-0.1, -0.05) is 26.0 Å². The molecule has 0 spiro atoms. The van der Waals surface area contributed by atoms with E-state index in [1.165, 1.54) is 0 Å². The number of hydrogen-bond acceptors (Lipinski definition) is 5. The molecule has 1 aliphatic heterocycles. The SMILES string of the molecule is CC1(C)CO[C@H](COc2ccc3c(c2)C(=O)c2c([nH]c4cc(C#N)ccc24)C3(C)C)O1. The minimum absolute atomic E-state index is 0.0415. The molecule has 0 saturated carbocycles. The zero-order chi connectivity index (χ0) is 22.0. The highest BCUT2D eigenvalue weighted by Crippen LogP contribution is 2.44. The van der Waals surface area contributed by atoms with Gasteiger partial charge in [-0.25, -0.2) is 0 Å². The molecule has 6 nitrogen and oxygen atoms in total. The number of fused-ring (bicyclic) bond motifs is 4. The number of carbonyl (C=O) groups excluding carboxylic acids is 1. The summed E-state index contributed by atoms with van der Waals surface area (Å²) in [6.07, 6.45) is -0.423. The fraction of sp³-hybridized carbons (Fsp3) is 0.360. The maximum absolute atomic E-state index is 13.5. The molecule has 2 aromatic carbocycles. The van der Waals surface area contributed by atoms with E-state index in [2.05, 4.69) is 24.9 Å². The first-order chi connectivity index (χ1) is 14.7. The second-order valence-electron chi connectivity index (χ2n) is 9.34. The Morgan fingerprint density at radius 3 is 2.71 bits per heavy atom. The van der Waals surface area contributed by atoms with Crippen LogP contribution in [0.5, 0.6) is 5.75 Å². The van der Waals surface area contributed by atoms with Crippen molar-refractivity contribution in [3.8, 4) is 11.8 Å². The number of nitriles is 1. The lowest BCUT2D eigenvalue weighted by atomic mass is 9.71. The summed E-state index contributed by atoms with van der Waals surface area (Å²) in [5, 5.41) is 10.1. The van der Waals surface area contributed by atoms with Crippen molar-refractivity contribution >= 4 is 16.7 Å². The van der Waals surface area contributed by atoms with E-state index in [-0.39, 0.29) is 18.0 Å². The fourth-order valence-electron chi connectivity index (χ4n) is 4.55. The van der Waals surface area contributed by atoms with Crippen LogP contribution in [0.4, 0.5) is 0 Å². The Morgan fingerprint density at radius 1 is 1.19 bits per heavy atom. The molecule has 1 fully saturated rings. The van der Waals surface area contributed by atoms with E-state index >= 15 is 0 Å². The van der Waals surface area contributed by atoms with Crippen molar-refractivity contribution in [2.45, 2.75) is 45.0 Å². The molecule has 6 heteroatoms.